The van der Waals surface area contributed by atoms with E-state index in [1.807, 2.05) is 25.1 Å². The normalized spacial score (nSPS) is 12.2. The highest BCUT2D eigenvalue weighted by molar-refractivity contribution is 9.10. The zero-order valence-corrected chi connectivity index (χ0v) is 11.5. The van der Waals surface area contributed by atoms with Crippen molar-refractivity contribution >= 4 is 21.7 Å². The van der Waals surface area contributed by atoms with Crippen molar-refractivity contribution in [3.63, 3.8) is 0 Å². The fraction of sp³-hybridized carbons (Fsp3) is 0.462. The van der Waals surface area contributed by atoms with Gasteiger partial charge in [-0.25, -0.2) is 0 Å². The van der Waals surface area contributed by atoms with Crippen LogP contribution in [0.4, 0.5) is 0 Å². The van der Waals surface area contributed by atoms with E-state index in [2.05, 4.69) is 15.9 Å². The van der Waals surface area contributed by atoms with E-state index in [-0.39, 0.29) is 11.7 Å². The van der Waals surface area contributed by atoms with Crippen molar-refractivity contribution < 1.29 is 9.53 Å². The van der Waals surface area contributed by atoms with Crippen LogP contribution < -0.4 is 4.74 Å². The lowest BCUT2D eigenvalue weighted by molar-refractivity contribution is -0.120. The van der Waals surface area contributed by atoms with Crippen molar-refractivity contribution in [2.75, 3.05) is 7.11 Å². The van der Waals surface area contributed by atoms with Crippen molar-refractivity contribution in [1.82, 2.24) is 0 Å². The minimum atomic E-state index is 0.0863. The summed E-state index contributed by atoms with van der Waals surface area (Å²) in [4.78, 5) is 11.4. The molecule has 1 rings (SSSR count). The summed E-state index contributed by atoms with van der Waals surface area (Å²) in [5.74, 6) is 1.18. The lowest BCUT2D eigenvalue weighted by atomic mass is 9.93. The second-order valence-corrected chi connectivity index (χ2v) is 4.79. The number of Topliss-reactive ketones (excluding diaryl/α,β-unsaturated/α-hetero) is 1. The highest BCUT2D eigenvalue weighted by Gasteiger charge is 2.15. The number of ether oxygens (including phenoxy) is 1. The largest absolute Gasteiger partial charge is 0.496 e. The summed E-state index contributed by atoms with van der Waals surface area (Å²) in [5, 5.41) is 0. The first-order valence-corrected chi connectivity index (χ1v) is 6.20. The predicted molar refractivity (Wildman–Crippen MR) is 68.9 cm³/mol. The summed E-state index contributed by atoms with van der Waals surface area (Å²) in [6, 6.07) is 5.88. The van der Waals surface area contributed by atoms with Crippen molar-refractivity contribution in [1.29, 1.82) is 0 Å². The molecule has 1 aromatic rings. The Hall–Kier alpha value is -0.830. The minimum Gasteiger partial charge on any atom is -0.496 e. The summed E-state index contributed by atoms with van der Waals surface area (Å²) in [7, 11) is 1.65. The smallest absolute Gasteiger partial charge is 0.133 e. The van der Waals surface area contributed by atoms with Crippen LogP contribution in [0, 0.1) is 5.92 Å². The van der Waals surface area contributed by atoms with Crippen LogP contribution in [0.2, 0.25) is 0 Å². The van der Waals surface area contributed by atoms with Crippen LogP contribution in [0.5, 0.6) is 5.75 Å². The van der Waals surface area contributed by atoms with E-state index < -0.39 is 0 Å². The number of carbonyl (C=O) groups is 1. The Kier molecular flexibility index (Phi) is 5.00. The molecule has 88 valence electrons. The molecule has 0 N–H and O–H groups in total. The quantitative estimate of drug-likeness (QED) is 0.826. The molecule has 0 saturated carbocycles. The van der Waals surface area contributed by atoms with E-state index in [1.54, 1.807) is 14.0 Å². The Labute approximate surface area is 105 Å². The lowest BCUT2D eigenvalue weighted by Gasteiger charge is -2.14. The second kappa shape index (κ2) is 6.04. The molecule has 0 bridgehead atoms. The number of hydrogen-bond donors (Lipinski definition) is 0. The maximum Gasteiger partial charge on any atom is 0.133 e. The van der Waals surface area contributed by atoms with Gasteiger partial charge in [-0.05, 0) is 43.5 Å². The van der Waals surface area contributed by atoms with Gasteiger partial charge >= 0.3 is 0 Å². The molecule has 16 heavy (non-hydrogen) atoms. The van der Waals surface area contributed by atoms with Gasteiger partial charge in [0, 0.05) is 10.4 Å². The fourth-order valence-electron chi connectivity index (χ4n) is 1.75. The molecule has 0 aliphatic heterocycles. The number of carbonyl (C=O) groups excluding carboxylic acids is 1. The third-order valence-electron chi connectivity index (χ3n) is 2.78. The number of halogens is 1. The number of benzene rings is 1. The maximum absolute atomic E-state index is 11.4. The van der Waals surface area contributed by atoms with E-state index in [0.29, 0.717) is 0 Å². The van der Waals surface area contributed by atoms with Gasteiger partial charge in [-0.2, -0.15) is 0 Å². The molecular weight excluding hydrogens is 268 g/mol. The van der Waals surface area contributed by atoms with Crippen LogP contribution in [-0.2, 0) is 11.2 Å². The Morgan fingerprint density at radius 2 is 2.19 bits per heavy atom. The van der Waals surface area contributed by atoms with Crippen LogP contribution in [0.3, 0.4) is 0 Å². The lowest BCUT2D eigenvalue weighted by Crippen LogP contribution is -2.13. The average molecular weight is 285 g/mol. The molecule has 0 saturated heterocycles. The third kappa shape index (κ3) is 3.34. The van der Waals surface area contributed by atoms with Crippen LogP contribution >= 0.6 is 15.9 Å². The summed E-state index contributed by atoms with van der Waals surface area (Å²) >= 11 is 3.43. The summed E-state index contributed by atoms with van der Waals surface area (Å²) in [6.07, 6.45) is 1.61. The number of ketones is 1. The topological polar surface area (TPSA) is 26.3 Å². The van der Waals surface area contributed by atoms with Gasteiger partial charge in [-0.3, -0.25) is 4.79 Å². The fourth-order valence-corrected chi connectivity index (χ4v) is 2.16. The third-order valence-corrected chi connectivity index (χ3v) is 3.27. The number of rotatable bonds is 5. The Morgan fingerprint density at radius 1 is 1.50 bits per heavy atom. The van der Waals surface area contributed by atoms with Gasteiger partial charge < -0.3 is 4.74 Å². The van der Waals surface area contributed by atoms with E-state index in [9.17, 15) is 4.79 Å². The molecular formula is C13H17BrO2. The molecule has 3 heteroatoms. The molecule has 0 heterocycles. The zero-order chi connectivity index (χ0) is 12.1. The molecule has 0 spiro atoms. The SMILES string of the molecule is CCC(Cc1cc(Br)ccc1OC)C(C)=O. The van der Waals surface area contributed by atoms with E-state index in [4.69, 9.17) is 4.74 Å². The molecule has 0 aliphatic rings. The number of hydrogen-bond acceptors (Lipinski definition) is 2. The van der Waals surface area contributed by atoms with Gasteiger partial charge in [0.05, 0.1) is 7.11 Å². The van der Waals surface area contributed by atoms with Crippen LogP contribution in [0.15, 0.2) is 22.7 Å². The van der Waals surface area contributed by atoms with Crippen LogP contribution in [-0.4, -0.2) is 12.9 Å². The highest BCUT2D eigenvalue weighted by atomic mass is 79.9. The van der Waals surface area contributed by atoms with Gasteiger partial charge in [0.2, 0.25) is 0 Å². The summed E-state index contributed by atoms with van der Waals surface area (Å²) < 4.78 is 6.31. The van der Waals surface area contributed by atoms with Crippen LogP contribution in [0.1, 0.15) is 25.8 Å². The second-order valence-electron chi connectivity index (χ2n) is 3.88. The molecule has 0 radical (unpaired) electrons. The predicted octanol–water partition coefficient (Wildman–Crippen LogP) is 3.62. The van der Waals surface area contributed by atoms with E-state index >= 15 is 0 Å². The standard InChI is InChI=1S/C13H17BrO2/c1-4-10(9(2)15)7-11-8-12(14)5-6-13(11)16-3/h5-6,8,10H,4,7H2,1-3H3. The minimum absolute atomic E-state index is 0.0863. The molecule has 1 atom stereocenters. The van der Waals surface area contributed by atoms with E-state index in [0.717, 1.165) is 28.6 Å². The molecule has 0 fully saturated rings. The van der Waals surface area contributed by atoms with E-state index in [1.165, 1.54) is 0 Å². The van der Waals surface area contributed by atoms with Gasteiger partial charge in [-0.1, -0.05) is 22.9 Å². The first-order valence-electron chi connectivity index (χ1n) is 5.41. The van der Waals surface area contributed by atoms with Gasteiger partial charge in [0.25, 0.3) is 0 Å². The summed E-state index contributed by atoms with van der Waals surface area (Å²) in [6.45, 7) is 3.69. The van der Waals surface area contributed by atoms with Gasteiger partial charge in [0.1, 0.15) is 11.5 Å². The molecule has 0 amide bonds. The first-order chi connectivity index (χ1) is 7.58. The van der Waals surface area contributed by atoms with Crippen molar-refractivity contribution in [3.8, 4) is 5.75 Å². The highest BCUT2D eigenvalue weighted by Crippen LogP contribution is 2.26. The molecule has 1 unspecified atom stereocenters. The maximum atomic E-state index is 11.4. The molecule has 2 nitrogen and oxygen atoms in total. The molecule has 1 aromatic carbocycles. The van der Waals surface area contributed by atoms with Crippen molar-refractivity contribution in [2.24, 2.45) is 5.92 Å². The first kappa shape index (κ1) is 13.2. The van der Waals surface area contributed by atoms with Gasteiger partial charge in [-0.15, -0.1) is 0 Å². The zero-order valence-electron chi connectivity index (χ0n) is 9.92. The van der Waals surface area contributed by atoms with Crippen LogP contribution in [0.25, 0.3) is 0 Å². The Bertz CT molecular complexity index is 374. The Balaban J connectivity index is 2.93. The van der Waals surface area contributed by atoms with Gasteiger partial charge in [0.15, 0.2) is 0 Å². The molecule has 0 aliphatic carbocycles. The van der Waals surface area contributed by atoms with Crippen molar-refractivity contribution in [3.05, 3.63) is 28.2 Å². The average Bonchev–Trinajstić information content (AvgIpc) is 2.25. The van der Waals surface area contributed by atoms with Crippen molar-refractivity contribution in [2.45, 2.75) is 26.7 Å². The summed E-state index contributed by atoms with van der Waals surface area (Å²) in [5.41, 5.74) is 1.08. The molecule has 0 aromatic heterocycles. The number of methoxy groups -OCH3 is 1. The Morgan fingerprint density at radius 3 is 2.69 bits per heavy atom. The monoisotopic (exact) mass is 284 g/mol.